The molecule has 0 unspecified atom stereocenters. The van der Waals surface area contributed by atoms with Crippen molar-refractivity contribution in [2.45, 2.75) is 286 Å². The van der Waals surface area contributed by atoms with Crippen LogP contribution in [-0.4, -0.2) is 53.2 Å². The second-order valence-corrected chi connectivity index (χ2v) is 18.3. The van der Waals surface area contributed by atoms with Crippen molar-refractivity contribution < 1.29 is 33.2 Å². The summed E-state index contributed by atoms with van der Waals surface area (Å²) < 4.78 is 44.3. The summed E-state index contributed by atoms with van der Waals surface area (Å²) in [6.45, 7) is 17.5. The summed E-state index contributed by atoms with van der Waals surface area (Å²) in [4.78, 5) is 0. The Kier molecular flexibility index (Phi) is 52.0. The summed E-state index contributed by atoms with van der Waals surface area (Å²) in [6.07, 6.45) is 46.7. The van der Waals surface area contributed by atoms with Gasteiger partial charge in [-0.05, 0) is 38.5 Å². The standard InChI is InChI=1S/C56H110O7/c1-7-13-19-25-31-37-43-53(60-45-39-33-27-21-15-9-3)55(62-47-41-35-29-23-17-11-5)49-57-51-59-52-58-50-56(63-48-42-36-30-24-18-12-6)54(44-38-32-26-20-14-8-2)61-46-40-34-28-22-16-10-4/h7-52H2,1-6H3. The van der Waals surface area contributed by atoms with Crippen LogP contribution in [0.3, 0.4) is 0 Å². The predicted octanol–water partition coefficient (Wildman–Crippen LogP) is 18.4. The molecule has 376 valence electrons. The molecule has 0 amide bonds. The third-order valence-corrected chi connectivity index (χ3v) is 12.0. The minimum absolute atomic E-state index is 0.127. The van der Waals surface area contributed by atoms with Crippen molar-refractivity contribution in [1.82, 2.24) is 0 Å². The third-order valence-electron chi connectivity index (χ3n) is 12.0. The number of rotatable bonds is 54. The van der Waals surface area contributed by atoms with E-state index < -0.39 is 0 Å². The number of hydrogen-bond acceptors (Lipinski definition) is 7. The highest BCUT2D eigenvalue weighted by molar-refractivity contribution is 5.03. The van der Waals surface area contributed by atoms with Crippen LogP contribution >= 0.6 is 0 Å². The zero-order valence-electron chi connectivity index (χ0n) is 43.4. The van der Waals surface area contributed by atoms with E-state index in [2.05, 4.69) is 41.5 Å². The van der Waals surface area contributed by atoms with Crippen LogP contribution in [0.4, 0.5) is 0 Å². The van der Waals surface area contributed by atoms with Gasteiger partial charge in [0, 0.05) is 12.8 Å². The molecule has 0 aliphatic heterocycles. The first-order chi connectivity index (χ1) is 31.2. The van der Waals surface area contributed by atoms with E-state index in [9.17, 15) is 0 Å². The molecule has 0 aromatic heterocycles. The average molecular weight is 895 g/mol. The predicted molar refractivity (Wildman–Crippen MR) is 270 cm³/mol. The molecule has 0 N–H and O–H groups in total. The van der Waals surface area contributed by atoms with E-state index in [1.165, 1.54) is 193 Å². The smallest absolute Gasteiger partial charge is 0.159 e. The molecular weight excluding hydrogens is 785 g/mol. The zero-order chi connectivity index (χ0) is 45.8. The third kappa shape index (κ3) is 44.2. The molecular formula is C56H110O7. The van der Waals surface area contributed by atoms with Crippen LogP contribution in [0.1, 0.15) is 286 Å². The maximum atomic E-state index is 6.55. The molecule has 0 rings (SSSR count). The Bertz CT molecular complexity index is 876. The Morgan fingerprint density at radius 2 is 0.444 bits per heavy atom. The van der Waals surface area contributed by atoms with Crippen molar-refractivity contribution in [3.05, 3.63) is 23.0 Å². The van der Waals surface area contributed by atoms with Gasteiger partial charge in [0.25, 0.3) is 0 Å². The molecule has 0 spiro atoms. The van der Waals surface area contributed by atoms with Crippen molar-refractivity contribution in [3.8, 4) is 0 Å². The Morgan fingerprint density at radius 3 is 0.714 bits per heavy atom. The zero-order valence-corrected chi connectivity index (χ0v) is 43.4. The van der Waals surface area contributed by atoms with Crippen LogP contribution in [0.2, 0.25) is 0 Å². The van der Waals surface area contributed by atoms with Crippen molar-refractivity contribution in [1.29, 1.82) is 0 Å². The van der Waals surface area contributed by atoms with Crippen LogP contribution in [0.5, 0.6) is 0 Å². The Labute approximate surface area is 393 Å². The average Bonchev–Trinajstić information content (AvgIpc) is 3.29. The van der Waals surface area contributed by atoms with Gasteiger partial charge in [-0.15, -0.1) is 0 Å². The van der Waals surface area contributed by atoms with Gasteiger partial charge in [0.1, 0.15) is 38.3 Å². The lowest BCUT2D eigenvalue weighted by molar-refractivity contribution is -0.132. The molecule has 0 saturated carbocycles. The molecule has 0 saturated heterocycles. The normalized spacial score (nSPS) is 12.4. The summed E-state index contributed by atoms with van der Waals surface area (Å²) in [5.41, 5.74) is 0. The molecule has 0 fully saturated rings. The SMILES string of the molecule is CCCCCCCCOC(CCCCCCCC)=C(COCOCOCC(OCCCCCCCC)=C(CCCCCCCC)OCCCCCCCC)OCCCCCCCC. The first-order valence-corrected chi connectivity index (χ1v) is 27.9. The van der Waals surface area contributed by atoms with E-state index in [0.29, 0.717) is 26.4 Å². The maximum absolute atomic E-state index is 6.55. The van der Waals surface area contributed by atoms with E-state index in [4.69, 9.17) is 33.2 Å². The second-order valence-electron chi connectivity index (χ2n) is 18.3. The maximum Gasteiger partial charge on any atom is 0.159 e. The van der Waals surface area contributed by atoms with Gasteiger partial charge in [-0.1, -0.05) is 234 Å². The molecule has 0 atom stereocenters. The number of hydrogen-bond donors (Lipinski definition) is 0. The highest BCUT2D eigenvalue weighted by Crippen LogP contribution is 2.22. The molecule has 0 aliphatic rings. The van der Waals surface area contributed by atoms with Crippen molar-refractivity contribution in [2.75, 3.05) is 53.2 Å². The minimum atomic E-state index is 0.127. The lowest BCUT2D eigenvalue weighted by atomic mass is 10.1. The Morgan fingerprint density at radius 1 is 0.222 bits per heavy atom. The minimum Gasteiger partial charge on any atom is -0.494 e. The number of allylic oxidation sites excluding steroid dienone is 2. The lowest BCUT2D eigenvalue weighted by Gasteiger charge is -2.19. The van der Waals surface area contributed by atoms with E-state index in [1.54, 1.807) is 0 Å². The van der Waals surface area contributed by atoms with Gasteiger partial charge in [-0.25, -0.2) is 0 Å². The van der Waals surface area contributed by atoms with Gasteiger partial charge in [0.15, 0.2) is 11.5 Å². The monoisotopic (exact) mass is 895 g/mol. The summed E-state index contributed by atoms with van der Waals surface area (Å²) in [6, 6.07) is 0. The van der Waals surface area contributed by atoms with Crippen molar-refractivity contribution in [2.24, 2.45) is 0 Å². The van der Waals surface area contributed by atoms with Gasteiger partial charge in [-0.2, -0.15) is 0 Å². The van der Waals surface area contributed by atoms with Crippen LogP contribution < -0.4 is 0 Å². The van der Waals surface area contributed by atoms with Crippen molar-refractivity contribution >= 4 is 0 Å². The fourth-order valence-corrected chi connectivity index (χ4v) is 7.85. The summed E-state index contributed by atoms with van der Waals surface area (Å²) in [7, 11) is 0. The van der Waals surface area contributed by atoms with Gasteiger partial charge in [0.05, 0.1) is 26.4 Å². The fraction of sp³-hybridized carbons (Fsp3) is 0.929. The first kappa shape index (κ1) is 61.6. The van der Waals surface area contributed by atoms with Crippen molar-refractivity contribution in [3.63, 3.8) is 0 Å². The number of ether oxygens (including phenoxy) is 7. The van der Waals surface area contributed by atoms with Gasteiger partial charge < -0.3 is 33.2 Å². The lowest BCUT2D eigenvalue weighted by Crippen LogP contribution is -2.14. The topological polar surface area (TPSA) is 64.6 Å². The fourth-order valence-electron chi connectivity index (χ4n) is 7.85. The Balaban J connectivity index is 5.65. The van der Waals surface area contributed by atoms with E-state index in [-0.39, 0.29) is 13.6 Å². The molecule has 0 aromatic rings. The molecule has 63 heavy (non-hydrogen) atoms. The van der Waals surface area contributed by atoms with E-state index >= 15 is 0 Å². The molecule has 0 heterocycles. The first-order valence-electron chi connectivity index (χ1n) is 27.9. The Hall–Kier alpha value is -1.44. The van der Waals surface area contributed by atoms with Gasteiger partial charge in [0.2, 0.25) is 0 Å². The summed E-state index contributed by atoms with van der Waals surface area (Å²) in [5, 5.41) is 0. The van der Waals surface area contributed by atoms with Crippen LogP contribution in [0.15, 0.2) is 23.0 Å². The molecule has 0 bridgehead atoms. The van der Waals surface area contributed by atoms with Crippen LogP contribution in [0.25, 0.3) is 0 Å². The van der Waals surface area contributed by atoms with Crippen LogP contribution in [0, 0.1) is 0 Å². The summed E-state index contributed by atoms with van der Waals surface area (Å²) >= 11 is 0. The van der Waals surface area contributed by atoms with E-state index in [0.717, 1.165) is 87.6 Å². The molecule has 0 aliphatic carbocycles. The molecule has 7 nitrogen and oxygen atoms in total. The van der Waals surface area contributed by atoms with E-state index in [1.807, 2.05) is 0 Å². The van der Waals surface area contributed by atoms with Crippen LogP contribution in [-0.2, 0) is 33.2 Å². The summed E-state index contributed by atoms with van der Waals surface area (Å²) in [5.74, 6) is 3.67. The van der Waals surface area contributed by atoms with Gasteiger partial charge >= 0.3 is 0 Å². The molecule has 0 radical (unpaired) electrons. The molecule has 7 heteroatoms. The quantitative estimate of drug-likeness (QED) is 0.0342. The second kappa shape index (κ2) is 53.2. The highest BCUT2D eigenvalue weighted by Gasteiger charge is 2.14. The number of unbranched alkanes of at least 4 members (excludes halogenated alkanes) is 30. The molecule has 0 aromatic carbocycles. The van der Waals surface area contributed by atoms with Gasteiger partial charge in [-0.3, -0.25) is 0 Å². The highest BCUT2D eigenvalue weighted by atomic mass is 16.7. The largest absolute Gasteiger partial charge is 0.494 e.